The minimum Gasteiger partial charge on any atom is -0.495 e. The number of benzene rings is 1. The van der Waals surface area contributed by atoms with Crippen molar-refractivity contribution in [1.82, 2.24) is 9.97 Å². The second kappa shape index (κ2) is 7.72. The second-order valence-corrected chi connectivity index (χ2v) is 6.99. The summed E-state index contributed by atoms with van der Waals surface area (Å²) in [7, 11) is 1.59. The third-order valence-electron chi connectivity index (χ3n) is 4.77. The Hall–Kier alpha value is -2.63. The molecule has 26 heavy (non-hydrogen) atoms. The molecule has 0 spiro atoms. The predicted molar refractivity (Wildman–Crippen MR) is 103 cm³/mol. The molecule has 3 rings (SSSR count). The summed E-state index contributed by atoms with van der Waals surface area (Å²) in [5.74, 6) is 2.53. The fourth-order valence-corrected chi connectivity index (χ4v) is 3.17. The van der Waals surface area contributed by atoms with E-state index < -0.39 is 0 Å². The van der Waals surface area contributed by atoms with Crippen LogP contribution in [-0.4, -0.2) is 36.1 Å². The highest BCUT2D eigenvalue weighted by Crippen LogP contribution is 2.26. The van der Waals surface area contributed by atoms with E-state index in [1.807, 2.05) is 32.0 Å². The van der Waals surface area contributed by atoms with Gasteiger partial charge in [-0.15, -0.1) is 0 Å². The molecule has 1 fully saturated rings. The number of hydrogen-bond donors (Lipinski definition) is 1. The Morgan fingerprint density at radius 2 is 1.92 bits per heavy atom. The zero-order valence-corrected chi connectivity index (χ0v) is 15.9. The summed E-state index contributed by atoms with van der Waals surface area (Å²) in [6.45, 7) is 7.99. The predicted octanol–water partition coefficient (Wildman–Crippen LogP) is 3.59. The van der Waals surface area contributed by atoms with E-state index in [0.29, 0.717) is 23.0 Å². The molecule has 2 heterocycles. The third kappa shape index (κ3) is 4.12. The first kappa shape index (κ1) is 18.2. The van der Waals surface area contributed by atoms with Crippen LogP contribution in [0.2, 0.25) is 0 Å². The molecule has 6 heteroatoms. The number of hydrogen-bond acceptors (Lipinski definition) is 5. The Kier molecular flexibility index (Phi) is 5.40. The monoisotopic (exact) mass is 354 g/mol. The van der Waals surface area contributed by atoms with Crippen molar-refractivity contribution in [2.75, 3.05) is 30.4 Å². The summed E-state index contributed by atoms with van der Waals surface area (Å²) < 4.78 is 5.33. The number of aryl methyl sites for hydroxylation is 2. The number of nitrogens with zero attached hydrogens (tertiary/aromatic N) is 3. The number of rotatable bonds is 4. The van der Waals surface area contributed by atoms with E-state index in [4.69, 9.17) is 4.74 Å². The summed E-state index contributed by atoms with van der Waals surface area (Å²) in [6, 6.07) is 7.45. The number of amides is 1. The molecule has 0 bridgehead atoms. The van der Waals surface area contributed by atoms with Crippen LogP contribution in [0.1, 0.15) is 41.6 Å². The molecule has 1 N–H and O–H groups in total. The van der Waals surface area contributed by atoms with Crippen molar-refractivity contribution in [2.45, 2.75) is 33.6 Å². The van der Waals surface area contributed by atoms with Gasteiger partial charge in [0.05, 0.1) is 12.8 Å². The van der Waals surface area contributed by atoms with Crippen LogP contribution in [0.5, 0.6) is 5.75 Å². The second-order valence-electron chi connectivity index (χ2n) is 6.99. The summed E-state index contributed by atoms with van der Waals surface area (Å²) in [4.78, 5) is 23.8. The summed E-state index contributed by atoms with van der Waals surface area (Å²) in [6.07, 6.45) is 2.29. The molecular weight excluding hydrogens is 328 g/mol. The molecule has 138 valence electrons. The highest BCUT2D eigenvalue weighted by Gasteiger charge is 2.20. The van der Waals surface area contributed by atoms with Crippen molar-refractivity contribution in [3.05, 3.63) is 41.3 Å². The summed E-state index contributed by atoms with van der Waals surface area (Å²) in [5, 5.41) is 2.91. The number of methoxy groups -OCH3 is 1. The molecule has 1 amide bonds. The van der Waals surface area contributed by atoms with Crippen LogP contribution in [-0.2, 0) is 0 Å². The lowest BCUT2D eigenvalue weighted by Gasteiger charge is -2.31. The standard InChI is InChI=1S/C20H26N4O2/c1-13-7-9-24(10-8-13)19-12-17(21-15(3)22-19)20(25)23-16-11-14(2)5-6-18(16)26-4/h5-6,11-13H,7-10H2,1-4H3,(H,23,25). The number of carbonyl (C=O) groups excluding carboxylic acids is 1. The highest BCUT2D eigenvalue weighted by atomic mass is 16.5. The molecule has 1 aromatic carbocycles. The Morgan fingerprint density at radius 3 is 2.62 bits per heavy atom. The van der Waals surface area contributed by atoms with Crippen LogP contribution >= 0.6 is 0 Å². The van der Waals surface area contributed by atoms with Gasteiger partial charge in [0.25, 0.3) is 5.91 Å². The molecule has 0 saturated carbocycles. The van der Waals surface area contributed by atoms with Gasteiger partial charge in [-0.1, -0.05) is 13.0 Å². The highest BCUT2D eigenvalue weighted by molar-refractivity contribution is 6.04. The van der Waals surface area contributed by atoms with Gasteiger partial charge in [-0.2, -0.15) is 0 Å². The average Bonchev–Trinajstić information content (AvgIpc) is 2.62. The molecule has 1 aliphatic heterocycles. The fraction of sp³-hybridized carbons (Fsp3) is 0.450. The average molecular weight is 354 g/mol. The Labute approximate surface area is 154 Å². The molecule has 1 saturated heterocycles. The van der Waals surface area contributed by atoms with Gasteiger partial charge in [0.2, 0.25) is 0 Å². The van der Waals surface area contributed by atoms with Crippen LogP contribution < -0.4 is 15.0 Å². The number of carbonyl (C=O) groups is 1. The van der Waals surface area contributed by atoms with Crippen molar-refractivity contribution in [2.24, 2.45) is 5.92 Å². The number of piperidine rings is 1. The lowest BCUT2D eigenvalue weighted by molar-refractivity contribution is 0.102. The maximum atomic E-state index is 12.8. The van der Waals surface area contributed by atoms with Crippen LogP contribution in [0, 0.1) is 19.8 Å². The third-order valence-corrected chi connectivity index (χ3v) is 4.77. The molecule has 6 nitrogen and oxygen atoms in total. The van der Waals surface area contributed by atoms with E-state index in [1.165, 1.54) is 0 Å². The van der Waals surface area contributed by atoms with Gasteiger partial charge in [0.15, 0.2) is 0 Å². The first-order valence-electron chi connectivity index (χ1n) is 9.03. The fourth-order valence-electron chi connectivity index (χ4n) is 3.17. The lowest BCUT2D eigenvalue weighted by atomic mass is 9.99. The van der Waals surface area contributed by atoms with E-state index >= 15 is 0 Å². The van der Waals surface area contributed by atoms with Crippen LogP contribution in [0.15, 0.2) is 24.3 Å². The largest absolute Gasteiger partial charge is 0.495 e. The van der Waals surface area contributed by atoms with E-state index in [9.17, 15) is 4.79 Å². The molecular formula is C20H26N4O2. The maximum absolute atomic E-state index is 12.8. The molecule has 0 unspecified atom stereocenters. The number of anilines is 2. The van der Waals surface area contributed by atoms with Gasteiger partial charge in [-0.25, -0.2) is 9.97 Å². The van der Waals surface area contributed by atoms with E-state index in [0.717, 1.165) is 43.2 Å². The molecule has 2 aromatic rings. The molecule has 0 atom stereocenters. The van der Waals surface area contributed by atoms with Gasteiger partial charge in [0, 0.05) is 19.2 Å². The molecule has 0 radical (unpaired) electrons. The van der Waals surface area contributed by atoms with Crippen molar-refractivity contribution in [3.63, 3.8) is 0 Å². The Bertz CT molecular complexity index is 798. The van der Waals surface area contributed by atoms with E-state index in [-0.39, 0.29) is 5.91 Å². The van der Waals surface area contributed by atoms with Gasteiger partial charge in [-0.3, -0.25) is 4.79 Å². The topological polar surface area (TPSA) is 67.3 Å². The van der Waals surface area contributed by atoms with Crippen LogP contribution in [0.3, 0.4) is 0 Å². The molecule has 1 aromatic heterocycles. The minimum atomic E-state index is -0.258. The summed E-state index contributed by atoms with van der Waals surface area (Å²) in [5.41, 5.74) is 2.06. The smallest absolute Gasteiger partial charge is 0.274 e. The number of ether oxygens (including phenoxy) is 1. The van der Waals surface area contributed by atoms with Crippen molar-refractivity contribution in [3.8, 4) is 5.75 Å². The minimum absolute atomic E-state index is 0.258. The van der Waals surface area contributed by atoms with Gasteiger partial charge in [0.1, 0.15) is 23.1 Å². The first-order chi connectivity index (χ1) is 12.5. The summed E-state index contributed by atoms with van der Waals surface area (Å²) >= 11 is 0. The first-order valence-corrected chi connectivity index (χ1v) is 9.03. The van der Waals surface area contributed by atoms with Gasteiger partial charge >= 0.3 is 0 Å². The normalized spacial score (nSPS) is 15.0. The molecule has 0 aliphatic carbocycles. The zero-order valence-electron chi connectivity index (χ0n) is 15.9. The quantitative estimate of drug-likeness (QED) is 0.909. The SMILES string of the molecule is COc1ccc(C)cc1NC(=O)c1cc(N2CCC(C)CC2)nc(C)n1. The lowest BCUT2D eigenvalue weighted by Crippen LogP contribution is -2.34. The van der Waals surface area contributed by atoms with Crippen LogP contribution in [0.4, 0.5) is 11.5 Å². The van der Waals surface area contributed by atoms with Gasteiger partial charge < -0.3 is 15.0 Å². The van der Waals surface area contributed by atoms with Crippen LogP contribution in [0.25, 0.3) is 0 Å². The van der Waals surface area contributed by atoms with Crippen molar-refractivity contribution < 1.29 is 9.53 Å². The maximum Gasteiger partial charge on any atom is 0.274 e. The Morgan fingerprint density at radius 1 is 1.19 bits per heavy atom. The number of nitrogens with one attached hydrogen (secondary N) is 1. The van der Waals surface area contributed by atoms with Crippen molar-refractivity contribution >= 4 is 17.4 Å². The zero-order chi connectivity index (χ0) is 18.7. The van der Waals surface area contributed by atoms with E-state index in [1.54, 1.807) is 13.2 Å². The van der Waals surface area contributed by atoms with Gasteiger partial charge in [-0.05, 0) is 50.3 Å². The van der Waals surface area contributed by atoms with E-state index in [2.05, 4.69) is 27.1 Å². The Balaban J connectivity index is 1.82. The molecule has 1 aliphatic rings. The van der Waals surface area contributed by atoms with Crippen molar-refractivity contribution in [1.29, 1.82) is 0 Å². The number of aromatic nitrogens is 2.